The van der Waals surface area contributed by atoms with Gasteiger partial charge in [-0.1, -0.05) is 18.2 Å². The van der Waals surface area contributed by atoms with Gasteiger partial charge in [0.1, 0.15) is 5.75 Å². The van der Waals surface area contributed by atoms with Crippen LogP contribution < -0.4 is 24.4 Å². The fraction of sp³-hybridized carbons (Fsp3) is 0.333. The minimum Gasteiger partial charge on any atom is -0.492 e. The summed E-state index contributed by atoms with van der Waals surface area (Å²) < 4.78 is 16.2. The largest absolute Gasteiger partial charge is 0.492 e. The van der Waals surface area contributed by atoms with Gasteiger partial charge in [-0.25, -0.2) is 0 Å². The molecule has 1 aliphatic heterocycles. The SMILES string of the molecule is CCOc1ccccc1N(CCC(=O)NCc1ccc2c(c1)OCO2)C(C)=O. The van der Waals surface area contributed by atoms with Gasteiger partial charge in [-0.05, 0) is 36.8 Å². The van der Waals surface area contributed by atoms with Gasteiger partial charge in [-0.15, -0.1) is 0 Å². The van der Waals surface area contributed by atoms with Crippen LogP contribution in [0, 0.1) is 0 Å². The van der Waals surface area contributed by atoms with E-state index in [1.54, 1.807) is 4.90 Å². The summed E-state index contributed by atoms with van der Waals surface area (Å²) in [5, 5.41) is 2.87. The molecule has 148 valence electrons. The first-order valence-electron chi connectivity index (χ1n) is 9.23. The highest BCUT2D eigenvalue weighted by atomic mass is 16.7. The van der Waals surface area contributed by atoms with Gasteiger partial charge in [0.15, 0.2) is 11.5 Å². The lowest BCUT2D eigenvalue weighted by Gasteiger charge is -2.23. The minimum atomic E-state index is -0.143. The number of nitrogens with zero attached hydrogens (tertiary/aromatic N) is 1. The summed E-state index contributed by atoms with van der Waals surface area (Å²) in [5.41, 5.74) is 1.59. The standard InChI is InChI=1S/C21H24N2O5/c1-3-26-18-7-5-4-6-17(18)23(15(2)24)11-10-21(25)22-13-16-8-9-19-20(12-16)28-14-27-19/h4-9,12H,3,10-11,13-14H2,1-2H3,(H,22,25). The number of rotatable bonds is 8. The zero-order valence-corrected chi connectivity index (χ0v) is 16.1. The smallest absolute Gasteiger partial charge is 0.231 e. The van der Waals surface area contributed by atoms with Crippen LogP contribution in [-0.4, -0.2) is 31.8 Å². The third-order valence-corrected chi connectivity index (χ3v) is 4.33. The maximum atomic E-state index is 12.3. The van der Waals surface area contributed by atoms with Crippen LogP contribution in [0.5, 0.6) is 17.2 Å². The van der Waals surface area contributed by atoms with Crippen molar-refractivity contribution in [3.8, 4) is 17.2 Å². The van der Waals surface area contributed by atoms with Crippen molar-refractivity contribution in [2.45, 2.75) is 26.8 Å². The van der Waals surface area contributed by atoms with Gasteiger partial charge in [0.25, 0.3) is 0 Å². The topological polar surface area (TPSA) is 77.1 Å². The Balaban J connectivity index is 1.56. The molecule has 1 N–H and O–H groups in total. The monoisotopic (exact) mass is 384 g/mol. The molecule has 2 aromatic carbocycles. The summed E-state index contributed by atoms with van der Waals surface area (Å²) in [7, 11) is 0. The summed E-state index contributed by atoms with van der Waals surface area (Å²) in [5.74, 6) is 1.73. The Morgan fingerprint density at radius 3 is 2.71 bits per heavy atom. The average molecular weight is 384 g/mol. The Morgan fingerprint density at radius 1 is 1.14 bits per heavy atom. The van der Waals surface area contributed by atoms with Crippen LogP contribution in [0.1, 0.15) is 25.8 Å². The van der Waals surface area contributed by atoms with Crippen molar-refractivity contribution in [1.29, 1.82) is 0 Å². The maximum Gasteiger partial charge on any atom is 0.231 e. The number of anilines is 1. The van der Waals surface area contributed by atoms with Crippen LogP contribution in [0.15, 0.2) is 42.5 Å². The molecule has 0 aromatic heterocycles. The number of fused-ring (bicyclic) bond motifs is 1. The number of benzene rings is 2. The first-order valence-corrected chi connectivity index (χ1v) is 9.23. The van der Waals surface area contributed by atoms with Crippen molar-refractivity contribution in [1.82, 2.24) is 5.32 Å². The Hall–Kier alpha value is -3.22. The molecule has 7 heteroatoms. The van der Waals surface area contributed by atoms with Crippen LogP contribution in [0.2, 0.25) is 0 Å². The molecule has 2 aromatic rings. The molecule has 0 aliphatic carbocycles. The van der Waals surface area contributed by atoms with Crippen LogP contribution in [0.25, 0.3) is 0 Å². The van der Waals surface area contributed by atoms with Crippen LogP contribution in [0.4, 0.5) is 5.69 Å². The molecule has 3 rings (SSSR count). The summed E-state index contributed by atoms with van der Waals surface area (Å²) in [4.78, 5) is 26.0. The molecule has 0 atom stereocenters. The Morgan fingerprint density at radius 2 is 1.93 bits per heavy atom. The summed E-state index contributed by atoms with van der Waals surface area (Å²) in [6, 6.07) is 12.9. The number of hydrogen-bond acceptors (Lipinski definition) is 5. The lowest BCUT2D eigenvalue weighted by molar-refractivity contribution is -0.121. The predicted molar refractivity (Wildman–Crippen MR) is 105 cm³/mol. The first kappa shape index (κ1) is 19.5. The second-order valence-corrected chi connectivity index (χ2v) is 6.29. The summed E-state index contributed by atoms with van der Waals surface area (Å²) in [6.45, 7) is 4.73. The normalized spacial score (nSPS) is 11.8. The van der Waals surface area contributed by atoms with E-state index in [1.165, 1.54) is 6.92 Å². The predicted octanol–water partition coefficient (Wildman–Crippen LogP) is 2.87. The fourth-order valence-electron chi connectivity index (χ4n) is 2.96. The molecular formula is C21H24N2O5. The fourth-order valence-corrected chi connectivity index (χ4v) is 2.96. The molecule has 0 spiro atoms. The van der Waals surface area contributed by atoms with Crippen molar-refractivity contribution >= 4 is 17.5 Å². The molecule has 0 radical (unpaired) electrons. The third-order valence-electron chi connectivity index (χ3n) is 4.33. The number of ether oxygens (including phenoxy) is 3. The van der Waals surface area contributed by atoms with E-state index in [4.69, 9.17) is 14.2 Å². The summed E-state index contributed by atoms with van der Waals surface area (Å²) >= 11 is 0. The highest BCUT2D eigenvalue weighted by molar-refractivity contribution is 5.93. The van der Waals surface area contributed by atoms with Crippen molar-refractivity contribution < 1.29 is 23.8 Å². The molecule has 0 fully saturated rings. The highest BCUT2D eigenvalue weighted by Gasteiger charge is 2.18. The first-order chi connectivity index (χ1) is 13.6. The third kappa shape index (κ3) is 4.73. The molecule has 1 heterocycles. The van der Waals surface area contributed by atoms with E-state index in [0.29, 0.717) is 36.1 Å². The number of amides is 2. The van der Waals surface area contributed by atoms with Gasteiger partial charge in [-0.3, -0.25) is 9.59 Å². The van der Waals surface area contributed by atoms with Gasteiger partial charge < -0.3 is 24.4 Å². The number of carbonyl (C=O) groups is 2. The Bertz CT molecular complexity index is 852. The zero-order valence-electron chi connectivity index (χ0n) is 16.1. The van der Waals surface area contributed by atoms with E-state index in [2.05, 4.69) is 5.32 Å². The van der Waals surface area contributed by atoms with Crippen molar-refractivity contribution in [3.05, 3.63) is 48.0 Å². The second kappa shape index (κ2) is 9.12. The molecular weight excluding hydrogens is 360 g/mol. The van der Waals surface area contributed by atoms with Crippen molar-refractivity contribution in [3.63, 3.8) is 0 Å². The maximum absolute atomic E-state index is 12.3. The lowest BCUT2D eigenvalue weighted by atomic mass is 10.2. The zero-order chi connectivity index (χ0) is 19.9. The molecule has 0 unspecified atom stereocenters. The molecule has 0 saturated heterocycles. The van der Waals surface area contributed by atoms with Crippen LogP contribution >= 0.6 is 0 Å². The number of nitrogens with one attached hydrogen (secondary N) is 1. The number of carbonyl (C=O) groups excluding carboxylic acids is 2. The molecule has 7 nitrogen and oxygen atoms in total. The molecule has 1 aliphatic rings. The Labute approximate surface area is 164 Å². The highest BCUT2D eigenvalue weighted by Crippen LogP contribution is 2.32. The second-order valence-electron chi connectivity index (χ2n) is 6.29. The van der Waals surface area contributed by atoms with Crippen LogP contribution in [0.3, 0.4) is 0 Å². The average Bonchev–Trinajstić information content (AvgIpc) is 3.15. The van der Waals surface area contributed by atoms with Gasteiger partial charge in [-0.2, -0.15) is 0 Å². The van der Waals surface area contributed by atoms with Crippen LogP contribution in [-0.2, 0) is 16.1 Å². The summed E-state index contributed by atoms with van der Waals surface area (Å²) in [6.07, 6.45) is 0.185. The van der Waals surface area contributed by atoms with Gasteiger partial charge >= 0.3 is 0 Å². The molecule has 2 amide bonds. The van der Waals surface area contributed by atoms with E-state index >= 15 is 0 Å². The minimum absolute atomic E-state index is 0.141. The van der Waals surface area contributed by atoms with Crippen molar-refractivity contribution in [2.75, 3.05) is 24.8 Å². The quantitative estimate of drug-likeness (QED) is 0.757. The van der Waals surface area contributed by atoms with E-state index in [1.807, 2.05) is 49.4 Å². The van der Waals surface area contributed by atoms with E-state index < -0.39 is 0 Å². The van der Waals surface area contributed by atoms with E-state index in [9.17, 15) is 9.59 Å². The van der Waals surface area contributed by atoms with Crippen molar-refractivity contribution in [2.24, 2.45) is 0 Å². The van der Waals surface area contributed by atoms with Gasteiger partial charge in [0.2, 0.25) is 18.6 Å². The van der Waals surface area contributed by atoms with E-state index in [-0.39, 0.29) is 31.6 Å². The molecule has 28 heavy (non-hydrogen) atoms. The Kier molecular flexibility index (Phi) is 6.37. The number of hydrogen-bond donors (Lipinski definition) is 1. The van der Waals surface area contributed by atoms with Gasteiger partial charge in [0, 0.05) is 26.4 Å². The lowest BCUT2D eigenvalue weighted by Crippen LogP contribution is -2.34. The van der Waals surface area contributed by atoms with Gasteiger partial charge in [0.05, 0.1) is 12.3 Å². The molecule has 0 saturated carbocycles. The molecule has 0 bridgehead atoms. The number of para-hydroxylation sites is 2. The van der Waals surface area contributed by atoms with E-state index in [0.717, 1.165) is 5.56 Å².